The molecule has 1 heterocycles. The quantitative estimate of drug-likeness (QED) is 0.809. The van der Waals surface area contributed by atoms with Crippen molar-refractivity contribution in [1.29, 1.82) is 0 Å². The molecule has 3 rings (SSSR count). The molecule has 3 nitrogen and oxygen atoms in total. The molecule has 0 fully saturated rings. The van der Waals surface area contributed by atoms with E-state index >= 15 is 0 Å². The summed E-state index contributed by atoms with van der Waals surface area (Å²) < 4.78 is 24.5. The Bertz CT molecular complexity index is 682. The SMILES string of the molecule is Cc1ccc(OCC2Cc3cc(F)ccc3O2)c(C=O)c1. The number of hydrogen-bond acceptors (Lipinski definition) is 3. The van der Waals surface area contributed by atoms with Crippen molar-refractivity contribution in [2.75, 3.05) is 6.61 Å². The van der Waals surface area contributed by atoms with Crippen LogP contribution < -0.4 is 9.47 Å². The van der Waals surface area contributed by atoms with Gasteiger partial charge < -0.3 is 9.47 Å². The molecule has 0 saturated heterocycles. The normalized spacial score (nSPS) is 16.2. The Morgan fingerprint density at radius 2 is 2.19 bits per heavy atom. The Morgan fingerprint density at radius 1 is 1.33 bits per heavy atom. The second-order valence-electron chi connectivity index (χ2n) is 5.17. The van der Waals surface area contributed by atoms with Gasteiger partial charge in [0.15, 0.2) is 6.29 Å². The van der Waals surface area contributed by atoms with Gasteiger partial charge in [-0.15, -0.1) is 0 Å². The second kappa shape index (κ2) is 5.56. The average Bonchev–Trinajstić information content (AvgIpc) is 2.87. The second-order valence-corrected chi connectivity index (χ2v) is 5.17. The third-order valence-corrected chi connectivity index (χ3v) is 3.48. The number of hydrogen-bond donors (Lipinski definition) is 0. The van der Waals surface area contributed by atoms with E-state index in [4.69, 9.17) is 9.47 Å². The van der Waals surface area contributed by atoms with Crippen molar-refractivity contribution in [2.45, 2.75) is 19.4 Å². The van der Waals surface area contributed by atoms with Crippen molar-refractivity contribution < 1.29 is 18.7 Å². The number of benzene rings is 2. The van der Waals surface area contributed by atoms with E-state index in [1.807, 2.05) is 13.0 Å². The summed E-state index contributed by atoms with van der Waals surface area (Å²) in [5.74, 6) is 0.978. The predicted molar refractivity (Wildman–Crippen MR) is 76.6 cm³/mol. The zero-order valence-corrected chi connectivity index (χ0v) is 11.6. The number of rotatable bonds is 4. The highest BCUT2D eigenvalue weighted by Crippen LogP contribution is 2.29. The molecule has 0 amide bonds. The van der Waals surface area contributed by atoms with Crippen molar-refractivity contribution in [3.8, 4) is 11.5 Å². The van der Waals surface area contributed by atoms with Crippen LogP contribution in [0.15, 0.2) is 36.4 Å². The van der Waals surface area contributed by atoms with Crippen LogP contribution in [0.25, 0.3) is 0 Å². The van der Waals surface area contributed by atoms with Gasteiger partial charge in [-0.3, -0.25) is 4.79 Å². The van der Waals surface area contributed by atoms with E-state index in [0.717, 1.165) is 17.4 Å². The minimum atomic E-state index is -0.263. The number of halogens is 1. The summed E-state index contributed by atoms with van der Waals surface area (Å²) in [5, 5.41) is 0. The molecule has 1 aliphatic rings. The number of aryl methyl sites for hydroxylation is 1. The molecule has 0 saturated carbocycles. The third-order valence-electron chi connectivity index (χ3n) is 3.48. The van der Waals surface area contributed by atoms with Crippen LogP contribution >= 0.6 is 0 Å². The van der Waals surface area contributed by atoms with Gasteiger partial charge >= 0.3 is 0 Å². The number of carbonyl (C=O) groups is 1. The first-order valence-electron chi connectivity index (χ1n) is 6.79. The zero-order valence-electron chi connectivity index (χ0n) is 11.6. The van der Waals surface area contributed by atoms with Crippen molar-refractivity contribution in [3.05, 3.63) is 58.9 Å². The smallest absolute Gasteiger partial charge is 0.153 e. The first kappa shape index (κ1) is 13.6. The minimum Gasteiger partial charge on any atom is -0.489 e. The van der Waals surface area contributed by atoms with E-state index in [1.54, 1.807) is 18.2 Å². The number of carbonyl (C=O) groups excluding carboxylic acids is 1. The third kappa shape index (κ3) is 2.89. The minimum absolute atomic E-state index is 0.164. The predicted octanol–water partition coefficient (Wildman–Crippen LogP) is 3.33. The van der Waals surface area contributed by atoms with Gasteiger partial charge in [0.1, 0.15) is 30.0 Å². The molecular formula is C17H15FO3. The zero-order chi connectivity index (χ0) is 14.8. The van der Waals surface area contributed by atoms with Crippen molar-refractivity contribution >= 4 is 6.29 Å². The highest BCUT2D eigenvalue weighted by Gasteiger charge is 2.24. The molecule has 1 atom stereocenters. The summed E-state index contributed by atoms with van der Waals surface area (Å²) >= 11 is 0. The van der Waals surface area contributed by atoms with Gasteiger partial charge in [-0.1, -0.05) is 11.6 Å². The Morgan fingerprint density at radius 3 is 3.00 bits per heavy atom. The van der Waals surface area contributed by atoms with Crippen molar-refractivity contribution in [2.24, 2.45) is 0 Å². The van der Waals surface area contributed by atoms with E-state index in [0.29, 0.717) is 30.1 Å². The molecule has 0 spiro atoms. The van der Waals surface area contributed by atoms with Crippen LogP contribution in [0, 0.1) is 12.7 Å². The first-order chi connectivity index (χ1) is 10.2. The van der Waals surface area contributed by atoms with Crippen LogP contribution in [-0.4, -0.2) is 19.0 Å². The maximum atomic E-state index is 13.2. The van der Waals surface area contributed by atoms with Gasteiger partial charge in [0.25, 0.3) is 0 Å². The molecular weight excluding hydrogens is 271 g/mol. The summed E-state index contributed by atoms with van der Waals surface area (Å²) in [4.78, 5) is 11.0. The molecule has 2 aromatic carbocycles. The lowest BCUT2D eigenvalue weighted by Gasteiger charge is -2.13. The van der Waals surface area contributed by atoms with Crippen LogP contribution in [0.2, 0.25) is 0 Å². The molecule has 0 bridgehead atoms. The Kier molecular flexibility index (Phi) is 3.60. The summed E-state index contributed by atoms with van der Waals surface area (Å²) in [6.07, 6.45) is 1.22. The summed E-state index contributed by atoms with van der Waals surface area (Å²) in [7, 11) is 0. The van der Waals surface area contributed by atoms with Crippen LogP contribution in [-0.2, 0) is 6.42 Å². The Labute approximate surface area is 122 Å². The maximum Gasteiger partial charge on any atom is 0.153 e. The van der Waals surface area contributed by atoms with Gasteiger partial charge in [0.05, 0.1) is 5.56 Å². The lowest BCUT2D eigenvalue weighted by molar-refractivity contribution is 0.111. The van der Waals surface area contributed by atoms with E-state index in [2.05, 4.69) is 0 Å². The molecule has 4 heteroatoms. The lowest BCUT2D eigenvalue weighted by atomic mass is 10.1. The molecule has 1 aliphatic heterocycles. The average molecular weight is 286 g/mol. The van der Waals surface area contributed by atoms with E-state index < -0.39 is 0 Å². The van der Waals surface area contributed by atoms with Gasteiger partial charge in [-0.05, 0) is 37.3 Å². The van der Waals surface area contributed by atoms with Crippen LogP contribution in [0.1, 0.15) is 21.5 Å². The van der Waals surface area contributed by atoms with Crippen LogP contribution in [0.4, 0.5) is 4.39 Å². The standard InChI is InChI=1S/C17H15FO3/c1-11-2-4-16(13(6-11)9-19)20-10-15-8-12-7-14(18)3-5-17(12)21-15/h2-7,9,15H,8,10H2,1H3. The molecule has 0 N–H and O–H groups in total. The summed E-state index contributed by atoms with van der Waals surface area (Å²) in [6.45, 7) is 2.24. The Hall–Kier alpha value is -2.36. The maximum absolute atomic E-state index is 13.2. The lowest BCUT2D eigenvalue weighted by Crippen LogP contribution is -2.22. The number of ether oxygens (including phenoxy) is 2. The highest BCUT2D eigenvalue weighted by molar-refractivity contribution is 5.79. The molecule has 0 radical (unpaired) electrons. The summed E-state index contributed by atoms with van der Waals surface area (Å²) in [6, 6.07) is 9.95. The molecule has 1 unspecified atom stereocenters. The van der Waals surface area contributed by atoms with Gasteiger partial charge in [-0.25, -0.2) is 4.39 Å². The van der Waals surface area contributed by atoms with Crippen molar-refractivity contribution in [1.82, 2.24) is 0 Å². The van der Waals surface area contributed by atoms with Gasteiger partial charge in [0, 0.05) is 12.0 Å². The van der Waals surface area contributed by atoms with Crippen molar-refractivity contribution in [3.63, 3.8) is 0 Å². The molecule has 0 aromatic heterocycles. The van der Waals surface area contributed by atoms with Gasteiger partial charge in [0.2, 0.25) is 0 Å². The van der Waals surface area contributed by atoms with E-state index in [9.17, 15) is 9.18 Å². The highest BCUT2D eigenvalue weighted by atomic mass is 19.1. The number of fused-ring (bicyclic) bond motifs is 1. The fraction of sp³-hybridized carbons (Fsp3) is 0.235. The topological polar surface area (TPSA) is 35.5 Å². The van der Waals surface area contributed by atoms with Gasteiger partial charge in [-0.2, -0.15) is 0 Å². The largest absolute Gasteiger partial charge is 0.489 e. The number of aldehydes is 1. The molecule has 108 valence electrons. The summed E-state index contributed by atoms with van der Waals surface area (Å²) in [5.41, 5.74) is 2.38. The molecule has 2 aromatic rings. The first-order valence-corrected chi connectivity index (χ1v) is 6.79. The molecule has 21 heavy (non-hydrogen) atoms. The monoisotopic (exact) mass is 286 g/mol. The van der Waals surface area contributed by atoms with E-state index in [1.165, 1.54) is 12.1 Å². The fourth-order valence-electron chi connectivity index (χ4n) is 2.46. The molecule has 0 aliphatic carbocycles. The van der Waals surface area contributed by atoms with Crippen LogP contribution in [0.5, 0.6) is 11.5 Å². The fourth-order valence-corrected chi connectivity index (χ4v) is 2.46. The van der Waals surface area contributed by atoms with E-state index in [-0.39, 0.29) is 11.9 Å². The van der Waals surface area contributed by atoms with Crippen LogP contribution in [0.3, 0.4) is 0 Å². The Balaban J connectivity index is 1.66.